The number of nitrogens with one attached hydrogen (secondary N) is 1. The van der Waals surface area contributed by atoms with E-state index in [1.54, 1.807) is 11.4 Å². The normalized spacial score (nSPS) is 10.4. The van der Waals surface area contributed by atoms with Crippen LogP contribution in [0, 0.1) is 10.5 Å². The molecule has 3 aromatic rings. The molecular weight excluding hydrogens is 463 g/mol. The first-order valence-electron chi connectivity index (χ1n) is 7.76. The SMILES string of the molecule is Cc1ccc(-c2nc(C(=O)OCC(=O)Nc3cccc(I)c3)cs2)cc1. The van der Waals surface area contributed by atoms with Gasteiger partial charge in [-0.3, -0.25) is 4.79 Å². The molecule has 1 N–H and O–H groups in total. The van der Waals surface area contributed by atoms with E-state index in [1.807, 2.05) is 49.4 Å². The molecule has 3 rings (SSSR count). The average molecular weight is 478 g/mol. The van der Waals surface area contributed by atoms with Crippen LogP contribution in [0.3, 0.4) is 0 Å². The van der Waals surface area contributed by atoms with Crippen molar-refractivity contribution in [1.29, 1.82) is 0 Å². The van der Waals surface area contributed by atoms with Gasteiger partial charge in [0.1, 0.15) is 5.01 Å². The highest BCUT2D eigenvalue weighted by Crippen LogP contribution is 2.24. The van der Waals surface area contributed by atoms with E-state index in [2.05, 4.69) is 32.9 Å². The molecule has 0 fully saturated rings. The van der Waals surface area contributed by atoms with Crippen molar-refractivity contribution < 1.29 is 14.3 Å². The number of anilines is 1. The van der Waals surface area contributed by atoms with Crippen LogP contribution in [0.5, 0.6) is 0 Å². The molecule has 0 aliphatic carbocycles. The molecule has 0 saturated carbocycles. The van der Waals surface area contributed by atoms with Crippen LogP contribution < -0.4 is 5.32 Å². The fourth-order valence-corrected chi connectivity index (χ4v) is 3.50. The van der Waals surface area contributed by atoms with Crippen molar-refractivity contribution in [3.05, 3.63) is 68.7 Å². The second-order valence-electron chi connectivity index (χ2n) is 5.54. The minimum atomic E-state index is -0.614. The van der Waals surface area contributed by atoms with Crippen LogP contribution >= 0.6 is 33.9 Å². The number of halogens is 1. The Balaban J connectivity index is 1.56. The summed E-state index contributed by atoms with van der Waals surface area (Å²) in [4.78, 5) is 28.3. The summed E-state index contributed by atoms with van der Waals surface area (Å²) < 4.78 is 6.06. The maximum absolute atomic E-state index is 12.1. The second-order valence-corrected chi connectivity index (χ2v) is 7.64. The van der Waals surface area contributed by atoms with Gasteiger partial charge in [-0.2, -0.15) is 0 Å². The lowest BCUT2D eigenvalue weighted by molar-refractivity contribution is -0.119. The lowest BCUT2D eigenvalue weighted by atomic mass is 10.2. The highest BCUT2D eigenvalue weighted by Gasteiger charge is 2.15. The quantitative estimate of drug-likeness (QED) is 0.433. The molecular formula is C19H15IN2O3S. The second kappa shape index (κ2) is 8.41. The Kier molecular flexibility index (Phi) is 6.00. The summed E-state index contributed by atoms with van der Waals surface area (Å²) in [5.41, 5.74) is 2.96. The van der Waals surface area contributed by atoms with Crippen LogP contribution in [0.1, 0.15) is 16.1 Å². The maximum atomic E-state index is 12.1. The lowest BCUT2D eigenvalue weighted by Crippen LogP contribution is -2.21. The van der Waals surface area contributed by atoms with Crippen molar-refractivity contribution in [3.8, 4) is 10.6 Å². The zero-order valence-corrected chi connectivity index (χ0v) is 16.8. The first-order chi connectivity index (χ1) is 12.5. The van der Waals surface area contributed by atoms with Gasteiger partial charge in [0.05, 0.1) is 0 Å². The fourth-order valence-electron chi connectivity index (χ4n) is 2.16. The molecule has 1 heterocycles. The van der Waals surface area contributed by atoms with Gasteiger partial charge in [-0.05, 0) is 47.7 Å². The van der Waals surface area contributed by atoms with Gasteiger partial charge in [0, 0.05) is 20.2 Å². The number of carbonyl (C=O) groups excluding carboxylic acids is 2. The van der Waals surface area contributed by atoms with Crippen LogP contribution in [-0.4, -0.2) is 23.5 Å². The van der Waals surface area contributed by atoms with Gasteiger partial charge >= 0.3 is 5.97 Å². The van der Waals surface area contributed by atoms with Gasteiger partial charge in [0.2, 0.25) is 0 Å². The molecule has 0 atom stereocenters. The Morgan fingerprint density at radius 1 is 1.19 bits per heavy atom. The van der Waals surface area contributed by atoms with E-state index < -0.39 is 11.9 Å². The predicted molar refractivity (Wildman–Crippen MR) is 110 cm³/mol. The van der Waals surface area contributed by atoms with Crippen molar-refractivity contribution in [3.63, 3.8) is 0 Å². The minimum absolute atomic E-state index is 0.202. The Bertz CT molecular complexity index is 938. The molecule has 0 saturated heterocycles. The third-order valence-electron chi connectivity index (χ3n) is 3.45. The van der Waals surface area contributed by atoms with Crippen LogP contribution in [0.25, 0.3) is 10.6 Å². The monoisotopic (exact) mass is 478 g/mol. The number of hydrogen-bond acceptors (Lipinski definition) is 5. The molecule has 1 amide bonds. The Morgan fingerprint density at radius 2 is 1.96 bits per heavy atom. The lowest BCUT2D eigenvalue weighted by Gasteiger charge is -2.06. The molecule has 1 aromatic heterocycles. The predicted octanol–water partition coefficient (Wildman–Crippen LogP) is 4.52. The number of rotatable bonds is 5. The number of nitrogens with zero attached hydrogens (tertiary/aromatic N) is 1. The molecule has 5 nitrogen and oxygen atoms in total. The Labute approximate surface area is 168 Å². The summed E-state index contributed by atoms with van der Waals surface area (Å²) in [5, 5.41) is 5.06. The number of thiazole rings is 1. The average Bonchev–Trinajstić information content (AvgIpc) is 3.10. The van der Waals surface area contributed by atoms with E-state index in [9.17, 15) is 9.59 Å². The molecule has 0 aliphatic rings. The van der Waals surface area contributed by atoms with E-state index in [0.717, 1.165) is 19.7 Å². The fraction of sp³-hybridized carbons (Fsp3) is 0.105. The number of hydrogen-bond donors (Lipinski definition) is 1. The number of ether oxygens (including phenoxy) is 1. The van der Waals surface area contributed by atoms with Crippen LogP contribution in [0.4, 0.5) is 5.69 Å². The molecule has 0 aliphatic heterocycles. The van der Waals surface area contributed by atoms with Crippen LogP contribution in [0.15, 0.2) is 53.9 Å². The molecule has 0 bridgehead atoms. The summed E-state index contributed by atoms with van der Waals surface area (Å²) in [6.07, 6.45) is 0. The number of esters is 1. The molecule has 0 radical (unpaired) electrons. The van der Waals surface area contributed by atoms with Gasteiger partial charge < -0.3 is 10.1 Å². The highest BCUT2D eigenvalue weighted by atomic mass is 127. The van der Waals surface area contributed by atoms with Gasteiger partial charge in [-0.25, -0.2) is 9.78 Å². The molecule has 0 unspecified atom stereocenters. The molecule has 7 heteroatoms. The first kappa shape index (κ1) is 18.5. The zero-order valence-electron chi connectivity index (χ0n) is 13.9. The van der Waals surface area contributed by atoms with E-state index in [-0.39, 0.29) is 12.3 Å². The molecule has 0 spiro atoms. The smallest absolute Gasteiger partial charge is 0.358 e. The first-order valence-corrected chi connectivity index (χ1v) is 9.72. The summed E-state index contributed by atoms with van der Waals surface area (Å²) in [5.74, 6) is -1.01. The standard InChI is InChI=1S/C19H15IN2O3S/c1-12-5-7-13(8-6-12)18-22-16(11-26-18)19(24)25-10-17(23)21-15-4-2-3-14(20)9-15/h2-9,11H,10H2,1H3,(H,21,23). The Hall–Kier alpha value is -2.26. The zero-order chi connectivity index (χ0) is 18.5. The topological polar surface area (TPSA) is 68.3 Å². The van der Waals surface area contributed by atoms with Gasteiger partial charge in [-0.1, -0.05) is 35.9 Å². The third-order valence-corrected chi connectivity index (χ3v) is 5.02. The number of aromatic nitrogens is 1. The molecule has 132 valence electrons. The van der Waals surface area contributed by atoms with E-state index in [1.165, 1.54) is 11.3 Å². The van der Waals surface area contributed by atoms with Gasteiger partial charge in [0.15, 0.2) is 12.3 Å². The van der Waals surface area contributed by atoms with E-state index >= 15 is 0 Å². The Morgan fingerprint density at radius 3 is 2.69 bits per heavy atom. The number of amides is 1. The summed E-state index contributed by atoms with van der Waals surface area (Å²) in [6, 6.07) is 15.3. The molecule has 2 aromatic carbocycles. The summed E-state index contributed by atoms with van der Waals surface area (Å²) >= 11 is 3.52. The van der Waals surface area contributed by atoms with Crippen molar-refractivity contribution in [1.82, 2.24) is 4.98 Å². The molecule has 26 heavy (non-hydrogen) atoms. The number of aryl methyl sites for hydroxylation is 1. The van der Waals surface area contributed by atoms with Crippen molar-refractivity contribution >= 4 is 51.5 Å². The van der Waals surface area contributed by atoms with E-state index in [4.69, 9.17) is 4.74 Å². The van der Waals surface area contributed by atoms with Crippen molar-refractivity contribution in [2.45, 2.75) is 6.92 Å². The van der Waals surface area contributed by atoms with Crippen LogP contribution in [-0.2, 0) is 9.53 Å². The largest absolute Gasteiger partial charge is 0.451 e. The van der Waals surface area contributed by atoms with Gasteiger partial charge in [0.25, 0.3) is 5.91 Å². The van der Waals surface area contributed by atoms with Gasteiger partial charge in [-0.15, -0.1) is 11.3 Å². The maximum Gasteiger partial charge on any atom is 0.358 e. The number of carbonyl (C=O) groups is 2. The third kappa shape index (κ3) is 4.89. The summed E-state index contributed by atoms with van der Waals surface area (Å²) in [7, 11) is 0. The van der Waals surface area contributed by atoms with Crippen LogP contribution in [0.2, 0.25) is 0 Å². The number of benzene rings is 2. The van der Waals surface area contributed by atoms with E-state index in [0.29, 0.717) is 5.69 Å². The highest BCUT2D eigenvalue weighted by molar-refractivity contribution is 14.1. The summed E-state index contributed by atoms with van der Waals surface area (Å²) in [6.45, 7) is 1.65. The minimum Gasteiger partial charge on any atom is -0.451 e. The van der Waals surface area contributed by atoms with Crippen molar-refractivity contribution in [2.24, 2.45) is 0 Å². The van der Waals surface area contributed by atoms with Crippen molar-refractivity contribution in [2.75, 3.05) is 11.9 Å².